The lowest BCUT2D eigenvalue weighted by Crippen LogP contribution is -2.34. The van der Waals surface area contributed by atoms with E-state index in [0.29, 0.717) is 17.0 Å². The highest BCUT2D eigenvalue weighted by Gasteiger charge is 2.13. The molecule has 6 nitrogen and oxygen atoms in total. The topological polar surface area (TPSA) is 87.7 Å². The number of hydrogen-bond donors (Lipinski definition) is 3. The third kappa shape index (κ3) is 4.97. The average Bonchev–Trinajstić information content (AvgIpc) is 2.74. The van der Waals surface area contributed by atoms with Gasteiger partial charge in [0.2, 0.25) is 0 Å². The van der Waals surface area contributed by atoms with Gasteiger partial charge in [-0.05, 0) is 53.7 Å². The Morgan fingerprint density at radius 3 is 2.14 bits per heavy atom. The summed E-state index contributed by atoms with van der Waals surface area (Å²) in [6, 6.07) is 21.3. The maximum atomic E-state index is 12.5. The largest absolute Gasteiger partial charge is 0.495 e. The zero-order valence-electron chi connectivity index (χ0n) is 15.5. The zero-order valence-corrected chi connectivity index (χ0v) is 16.3. The molecule has 0 bridgehead atoms. The van der Waals surface area contributed by atoms with Crippen LogP contribution in [-0.4, -0.2) is 29.2 Å². The van der Waals surface area contributed by atoms with Crippen LogP contribution in [0.1, 0.15) is 20.7 Å². The number of nitrogens with one attached hydrogen (secondary N) is 2. The number of carboxylic acids is 1. The molecule has 0 saturated heterocycles. The summed E-state index contributed by atoms with van der Waals surface area (Å²) in [6.45, 7) is 0. The minimum atomic E-state index is -1.08. The second-order valence-corrected chi connectivity index (χ2v) is 6.48. The van der Waals surface area contributed by atoms with Crippen LogP contribution in [0.4, 0.5) is 5.69 Å². The molecule has 0 unspecified atom stereocenters. The zero-order chi connectivity index (χ0) is 20.8. The van der Waals surface area contributed by atoms with Crippen molar-refractivity contribution in [3.63, 3.8) is 0 Å². The number of ether oxygens (including phenoxy) is 1. The Morgan fingerprint density at radius 1 is 0.897 bits per heavy atom. The number of carbonyl (C=O) groups is 2. The molecule has 0 aromatic heterocycles. The lowest BCUT2D eigenvalue weighted by Gasteiger charge is -2.13. The molecule has 3 aromatic carbocycles. The summed E-state index contributed by atoms with van der Waals surface area (Å²) >= 11 is 5.19. The van der Waals surface area contributed by atoms with Crippen molar-refractivity contribution < 1.29 is 19.4 Å². The summed E-state index contributed by atoms with van der Waals surface area (Å²) in [5.41, 5.74) is 2.91. The number of carbonyl (C=O) groups excluding carboxylic acids is 1. The lowest BCUT2D eigenvalue weighted by atomic mass is 10.0. The smallest absolute Gasteiger partial charge is 0.335 e. The number of carboxylic acid groups (broad SMARTS) is 1. The molecule has 0 aliphatic rings. The van der Waals surface area contributed by atoms with E-state index in [-0.39, 0.29) is 16.6 Å². The predicted octanol–water partition coefficient (Wildman–Crippen LogP) is 4.19. The van der Waals surface area contributed by atoms with Crippen LogP contribution in [-0.2, 0) is 0 Å². The maximum absolute atomic E-state index is 12.5. The number of amides is 1. The molecule has 0 saturated carbocycles. The molecular formula is C22H18N2O4S. The van der Waals surface area contributed by atoms with Crippen LogP contribution in [0.2, 0.25) is 0 Å². The van der Waals surface area contributed by atoms with Crippen molar-refractivity contribution >= 4 is 34.9 Å². The molecule has 0 atom stereocenters. The van der Waals surface area contributed by atoms with Crippen LogP contribution in [0.3, 0.4) is 0 Å². The normalized spacial score (nSPS) is 10.1. The quantitative estimate of drug-likeness (QED) is 0.551. The SMILES string of the molecule is COc1ccc(C(=O)O)cc1NC(=S)NC(=O)c1ccc(-c2ccccc2)cc1. The Hall–Kier alpha value is -3.71. The molecule has 1 amide bonds. The van der Waals surface area contributed by atoms with Gasteiger partial charge >= 0.3 is 5.97 Å². The van der Waals surface area contributed by atoms with Crippen molar-refractivity contribution in [1.82, 2.24) is 5.32 Å². The van der Waals surface area contributed by atoms with E-state index in [9.17, 15) is 9.59 Å². The van der Waals surface area contributed by atoms with Crippen molar-refractivity contribution in [3.8, 4) is 16.9 Å². The first kappa shape index (κ1) is 20.0. The molecule has 0 radical (unpaired) electrons. The Labute approximate surface area is 173 Å². The van der Waals surface area contributed by atoms with Gasteiger partial charge in [0.05, 0.1) is 18.4 Å². The molecule has 0 spiro atoms. The summed E-state index contributed by atoms with van der Waals surface area (Å²) in [4.78, 5) is 23.6. The number of rotatable bonds is 5. The van der Waals surface area contributed by atoms with Gasteiger partial charge < -0.3 is 15.2 Å². The fourth-order valence-corrected chi connectivity index (χ4v) is 2.91. The van der Waals surface area contributed by atoms with Crippen LogP contribution < -0.4 is 15.4 Å². The second kappa shape index (κ2) is 8.99. The standard InChI is InChI=1S/C22H18N2O4S/c1-28-19-12-11-17(21(26)27)13-18(19)23-22(29)24-20(25)16-9-7-15(8-10-16)14-5-3-2-4-6-14/h2-13H,1H3,(H,26,27)(H2,23,24,25,29). The Bertz CT molecular complexity index is 1050. The highest BCUT2D eigenvalue weighted by molar-refractivity contribution is 7.80. The number of hydrogen-bond acceptors (Lipinski definition) is 4. The van der Waals surface area contributed by atoms with Crippen molar-refractivity contribution in [2.75, 3.05) is 12.4 Å². The fraction of sp³-hybridized carbons (Fsp3) is 0.0455. The maximum Gasteiger partial charge on any atom is 0.335 e. The Balaban J connectivity index is 1.69. The van der Waals surface area contributed by atoms with Crippen molar-refractivity contribution in [2.24, 2.45) is 0 Å². The van der Waals surface area contributed by atoms with Gasteiger partial charge in [0, 0.05) is 5.56 Å². The summed E-state index contributed by atoms with van der Waals surface area (Å²) in [5, 5.41) is 14.6. The van der Waals surface area contributed by atoms with Crippen LogP contribution in [0.15, 0.2) is 72.8 Å². The Morgan fingerprint density at radius 2 is 1.52 bits per heavy atom. The molecule has 0 aliphatic heterocycles. The van der Waals surface area contributed by atoms with Crippen LogP contribution >= 0.6 is 12.2 Å². The van der Waals surface area contributed by atoms with Gasteiger partial charge in [0.15, 0.2) is 5.11 Å². The molecule has 3 rings (SSSR count). The molecule has 3 aromatic rings. The molecular weight excluding hydrogens is 388 g/mol. The monoisotopic (exact) mass is 406 g/mol. The van der Waals surface area contributed by atoms with Gasteiger partial charge in [-0.15, -0.1) is 0 Å². The molecule has 7 heteroatoms. The molecule has 146 valence electrons. The second-order valence-electron chi connectivity index (χ2n) is 6.07. The first-order valence-electron chi connectivity index (χ1n) is 8.67. The predicted molar refractivity (Wildman–Crippen MR) is 116 cm³/mol. The molecule has 0 fully saturated rings. The Kier molecular flexibility index (Phi) is 6.21. The first-order chi connectivity index (χ1) is 14.0. The summed E-state index contributed by atoms with van der Waals surface area (Å²) in [6.07, 6.45) is 0. The molecule has 0 heterocycles. The highest BCUT2D eigenvalue weighted by atomic mass is 32.1. The first-order valence-corrected chi connectivity index (χ1v) is 9.08. The van der Waals surface area contributed by atoms with Gasteiger partial charge in [0.25, 0.3) is 5.91 Å². The third-order valence-corrected chi connectivity index (χ3v) is 4.38. The average molecular weight is 406 g/mol. The van der Waals surface area contributed by atoms with Crippen molar-refractivity contribution in [2.45, 2.75) is 0 Å². The van der Waals surface area contributed by atoms with E-state index < -0.39 is 5.97 Å². The number of benzene rings is 3. The van der Waals surface area contributed by atoms with Crippen molar-refractivity contribution in [3.05, 3.63) is 83.9 Å². The van der Waals surface area contributed by atoms with E-state index in [2.05, 4.69) is 10.6 Å². The van der Waals surface area contributed by atoms with Crippen LogP contribution in [0.5, 0.6) is 5.75 Å². The molecule has 0 aliphatic carbocycles. The number of thiocarbonyl (C=S) groups is 1. The van der Waals surface area contributed by atoms with Gasteiger partial charge in [-0.25, -0.2) is 4.79 Å². The van der Waals surface area contributed by atoms with E-state index in [0.717, 1.165) is 11.1 Å². The summed E-state index contributed by atoms with van der Waals surface area (Å²) in [5.74, 6) is -1.06. The lowest BCUT2D eigenvalue weighted by molar-refractivity contribution is 0.0696. The third-order valence-electron chi connectivity index (χ3n) is 4.18. The number of anilines is 1. The van der Waals surface area contributed by atoms with E-state index in [1.807, 2.05) is 42.5 Å². The van der Waals surface area contributed by atoms with E-state index in [1.54, 1.807) is 12.1 Å². The minimum absolute atomic E-state index is 0.0305. The van der Waals surface area contributed by atoms with E-state index in [4.69, 9.17) is 22.1 Å². The van der Waals surface area contributed by atoms with E-state index in [1.165, 1.54) is 25.3 Å². The van der Waals surface area contributed by atoms with Gasteiger partial charge in [-0.3, -0.25) is 10.1 Å². The van der Waals surface area contributed by atoms with Crippen molar-refractivity contribution in [1.29, 1.82) is 0 Å². The number of methoxy groups -OCH3 is 1. The molecule has 3 N–H and O–H groups in total. The summed E-state index contributed by atoms with van der Waals surface area (Å²) in [7, 11) is 1.46. The van der Waals surface area contributed by atoms with E-state index >= 15 is 0 Å². The fourth-order valence-electron chi connectivity index (χ4n) is 2.71. The van der Waals surface area contributed by atoms with Gasteiger partial charge in [-0.1, -0.05) is 42.5 Å². The van der Waals surface area contributed by atoms with Gasteiger partial charge in [-0.2, -0.15) is 0 Å². The molecule has 29 heavy (non-hydrogen) atoms. The highest BCUT2D eigenvalue weighted by Crippen LogP contribution is 2.25. The van der Waals surface area contributed by atoms with Crippen LogP contribution in [0.25, 0.3) is 11.1 Å². The van der Waals surface area contributed by atoms with Gasteiger partial charge in [0.1, 0.15) is 5.75 Å². The number of aromatic carboxylic acids is 1. The summed E-state index contributed by atoms with van der Waals surface area (Å²) < 4.78 is 5.20. The minimum Gasteiger partial charge on any atom is -0.495 e. The van der Waals surface area contributed by atoms with Crippen LogP contribution in [0, 0.1) is 0 Å².